The van der Waals surface area contributed by atoms with Crippen LogP contribution in [0.1, 0.15) is 18.4 Å². The molecule has 0 saturated carbocycles. The molecule has 1 aromatic carbocycles. The Labute approximate surface area is 117 Å². The summed E-state index contributed by atoms with van der Waals surface area (Å²) in [5, 5.41) is 3.60. The average Bonchev–Trinajstić information content (AvgIpc) is 2.86. The molecule has 1 aliphatic heterocycles. The minimum absolute atomic E-state index is 0.0352. The molecule has 1 amide bonds. The molecular weight excluding hydrogens is 267 g/mol. The molecular formula is C14H18ClFN2O. The van der Waals surface area contributed by atoms with Gasteiger partial charge >= 0.3 is 0 Å². The first-order valence-electron chi connectivity index (χ1n) is 6.45. The number of carbonyl (C=O) groups is 1. The highest BCUT2D eigenvalue weighted by atomic mass is 35.5. The highest BCUT2D eigenvalue weighted by Gasteiger charge is 2.21. The second kappa shape index (κ2) is 6.35. The van der Waals surface area contributed by atoms with Crippen molar-refractivity contribution in [2.45, 2.75) is 19.4 Å². The third-order valence-electron chi connectivity index (χ3n) is 3.51. The van der Waals surface area contributed by atoms with E-state index in [1.54, 1.807) is 24.1 Å². The predicted molar refractivity (Wildman–Crippen MR) is 73.5 cm³/mol. The largest absolute Gasteiger partial charge is 0.341 e. The smallest absolute Gasteiger partial charge is 0.222 e. The third-order valence-corrected chi connectivity index (χ3v) is 3.86. The van der Waals surface area contributed by atoms with Crippen LogP contribution in [-0.4, -0.2) is 30.9 Å². The Morgan fingerprint density at radius 3 is 3.00 bits per heavy atom. The SMILES string of the molecule is CN(Cc1c(F)cccc1Cl)C(=O)CC1CCNC1. The van der Waals surface area contributed by atoms with Crippen molar-refractivity contribution in [1.82, 2.24) is 10.2 Å². The molecule has 0 aliphatic carbocycles. The molecule has 0 radical (unpaired) electrons. The molecule has 3 nitrogen and oxygen atoms in total. The highest BCUT2D eigenvalue weighted by molar-refractivity contribution is 6.31. The van der Waals surface area contributed by atoms with E-state index in [-0.39, 0.29) is 18.3 Å². The summed E-state index contributed by atoms with van der Waals surface area (Å²) in [6.07, 6.45) is 1.54. The van der Waals surface area contributed by atoms with Gasteiger partial charge in [-0.1, -0.05) is 17.7 Å². The van der Waals surface area contributed by atoms with Crippen LogP contribution in [-0.2, 0) is 11.3 Å². The molecule has 19 heavy (non-hydrogen) atoms. The van der Waals surface area contributed by atoms with Crippen molar-refractivity contribution in [2.24, 2.45) is 5.92 Å². The van der Waals surface area contributed by atoms with Crippen LogP contribution in [0.15, 0.2) is 18.2 Å². The van der Waals surface area contributed by atoms with E-state index >= 15 is 0 Å². The number of nitrogens with zero attached hydrogens (tertiary/aromatic N) is 1. The topological polar surface area (TPSA) is 32.3 Å². The lowest BCUT2D eigenvalue weighted by Crippen LogP contribution is -2.29. The van der Waals surface area contributed by atoms with Gasteiger partial charge < -0.3 is 10.2 Å². The van der Waals surface area contributed by atoms with E-state index in [9.17, 15) is 9.18 Å². The van der Waals surface area contributed by atoms with Crippen molar-refractivity contribution < 1.29 is 9.18 Å². The van der Waals surface area contributed by atoms with Gasteiger partial charge in [0.05, 0.1) is 0 Å². The lowest BCUT2D eigenvalue weighted by Gasteiger charge is -2.20. The molecule has 5 heteroatoms. The van der Waals surface area contributed by atoms with Crippen LogP contribution < -0.4 is 5.32 Å². The van der Waals surface area contributed by atoms with Crippen LogP contribution in [0.4, 0.5) is 4.39 Å². The van der Waals surface area contributed by atoms with Gasteiger partial charge in [-0.2, -0.15) is 0 Å². The fourth-order valence-corrected chi connectivity index (χ4v) is 2.52. The molecule has 1 unspecified atom stereocenters. The summed E-state index contributed by atoms with van der Waals surface area (Å²) >= 11 is 5.96. The molecule has 1 N–H and O–H groups in total. The molecule has 1 fully saturated rings. The molecule has 0 aromatic heterocycles. The van der Waals surface area contributed by atoms with Crippen LogP contribution in [0, 0.1) is 11.7 Å². The van der Waals surface area contributed by atoms with E-state index in [4.69, 9.17) is 11.6 Å². The van der Waals surface area contributed by atoms with Crippen molar-refractivity contribution in [3.63, 3.8) is 0 Å². The van der Waals surface area contributed by atoms with Crippen molar-refractivity contribution in [3.8, 4) is 0 Å². The first-order chi connectivity index (χ1) is 9.08. The van der Waals surface area contributed by atoms with Gasteiger partial charge in [0.2, 0.25) is 5.91 Å². The lowest BCUT2D eigenvalue weighted by atomic mass is 10.0. The van der Waals surface area contributed by atoms with Crippen LogP contribution in [0.25, 0.3) is 0 Å². The Balaban J connectivity index is 1.96. The van der Waals surface area contributed by atoms with E-state index in [0.29, 0.717) is 22.9 Å². The minimum atomic E-state index is -0.366. The maximum absolute atomic E-state index is 13.6. The third kappa shape index (κ3) is 3.67. The van der Waals surface area contributed by atoms with Crippen LogP contribution >= 0.6 is 11.6 Å². The number of amides is 1. The predicted octanol–water partition coefficient (Wildman–Crippen LogP) is 2.44. The number of nitrogens with one attached hydrogen (secondary N) is 1. The zero-order valence-corrected chi connectivity index (χ0v) is 11.7. The van der Waals surface area contributed by atoms with Gasteiger partial charge in [-0.25, -0.2) is 4.39 Å². The van der Waals surface area contributed by atoms with Gasteiger partial charge in [0.15, 0.2) is 0 Å². The summed E-state index contributed by atoms with van der Waals surface area (Å²) in [7, 11) is 1.69. The van der Waals surface area contributed by atoms with Crippen molar-refractivity contribution in [1.29, 1.82) is 0 Å². The molecule has 1 saturated heterocycles. The van der Waals surface area contributed by atoms with E-state index in [0.717, 1.165) is 19.5 Å². The summed E-state index contributed by atoms with van der Waals surface area (Å²) in [6, 6.07) is 4.56. The second-order valence-corrected chi connectivity index (χ2v) is 5.42. The standard InChI is InChI=1S/C14H18ClFN2O/c1-18(14(19)7-10-5-6-17-8-10)9-11-12(15)3-2-4-13(11)16/h2-4,10,17H,5-9H2,1H3. The van der Waals surface area contributed by atoms with Crippen molar-refractivity contribution in [2.75, 3.05) is 20.1 Å². The van der Waals surface area contributed by atoms with E-state index < -0.39 is 0 Å². The average molecular weight is 285 g/mol. The maximum atomic E-state index is 13.6. The number of hydrogen-bond donors (Lipinski definition) is 1. The van der Waals surface area contributed by atoms with E-state index in [1.165, 1.54) is 6.07 Å². The fourth-order valence-electron chi connectivity index (χ4n) is 2.30. The Bertz CT molecular complexity index is 441. The van der Waals surface area contributed by atoms with Gasteiger partial charge in [-0.15, -0.1) is 0 Å². The number of halogens is 2. The van der Waals surface area contributed by atoms with Gasteiger partial charge in [-0.05, 0) is 37.6 Å². The molecule has 1 aromatic rings. The molecule has 2 rings (SSSR count). The Morgan fingerprint density at radius 2 is 2.37 bits per heavy atom. The first kappa shape index (κ1) is 14.3. The summed E-state index contributed by atoms with van der Waals surface area (Å²) in [4.78, 5) is 13.6. The monoisotopic (exact) mass is 284 g/mol. The summed E-state index contributed by atoms with van der Waals surface area (Å²) in [5.74, 6) is 0.0637. The minimum Gasteiger partial charge on any atom is -0.341 e. The van der Waals surface area contributed by atoms with E-state index in [1.807, 2.05) is 0 Å². The van der Waals surface area contributed by atoms with Gasteiger partial charge in [0, 0.05) is 30.6 Å². The zero-order valence-electron chi connectivity index (χ0n) is 11.0. The molecule has 1 atom stereocenters. The molecule has 1 aliphatic rings. The molecule has 0 bridgehead atoms. The number of benzene rings is 1. The molecule has 104 valence electrons. The summed E-state index contributed by atoms with van der Waals surface area (Å²) in [6.45, 7) is 2.07. The maximum Gasteiger partial charge on any atom is 0.222 e. The number of carbonyl (C=O) groups excluding carboxylic acids is 1. The van der Waals surface area contributed by atoms with E-state index in [2.05, 4.69) is 5.32 Å². The fraction of sp³-hybridized carbons (Fsp3) is 0.500. The zero-order chi connectivity index (χ0) is 13.8. The number of hydrogen-bond acceptors (Lipinski definition) is 2. The number of rotatable bonds is 4. The highest BCUT2D eigenvalue weighted by Crippen LogP contribution is 2.21. The Kier molecular flexibility index (Phi) is 4.77. The van der Waals surface area contributed by atoms with Crippen molar-refractivity contribution in [3.05, 3.63) is 34.6 Å². The van der Waals surface area contributed by atoms with Gasteiger partial charge in [0.1, 0.15) is 5.82 Å². The van der Waals surface area contributed by atoms with Crippen LogP contribution in [0.3, 0.4) is 0 Å². The Morgan fingerprint density at radius 1 is 1.58 bits per heavy atom. The quantitative estimate of drug-likeness (QED) is 0.921. The normalized spacial score (nSPS) is 18.6. The summed E-state index contributed by atoms with van der Waals surface area (Å²) < 4.78 is 13.6. The van der Waals surface area contributed by atoms with Gasteiger partial charge in [-0.3, -0.25) is 4.79 Å². The van der Waals surface area contributed by atoms with Gasteiger partial charge in [0.25, 0.3) is 0 Å². The van der Waals surface area contributed by atoms with Crippen LogP contribution in [0.2, 0.25) is 5.02 Å². The molecule has 0 spiro atoms. The second-order valence-electron chi connectivity index (χ2n) is 5.01. The molecule has 1 heterocycles. The van der Waals surface area contributed by atoms with Crippen molar-refractivity contribution >= 4 is 17.5 Å². The van der Waals surface area contributed by atoms with Crippen LogP contribution in [0.5, 0.6) is 0 Å². The summed E-state index contributed by atoms with van der Waals surface area (Å²) in [5.41, 5.74) is 0.379. The first-order valence-corrected chi connectivity index (χ1v) is 6.83. The lowest BCUT2D eigenvalue weighted by molar-refractivity contribution is -0.131. The Hall–Kier alpha value is -1.13.